The van der Waals surface area contributed by atoms with Gasteiger partial charge < -0.3 is 46.0 Å². The number of aliphatic hydroxyl groups excluding tert-OH is 8. The number of aliphatic carboxylic acids is 1. The molecule has 19 heavy (non-hydrogen) atoms. The van der Waals surface area contributed by atoms with Gasteiger partial charge in [-0.05, 0) is 0 Å². The van der Waals surface area contributed by atoms with Crippen LogP contribution in [0, 0.1) is 0 Å². The summed E-state index contributed by atoms with van der Waals surface area (Å²) in [6.45, 7) is -0.943. The van der Waals surface area contributed by atoms with Crippen LogP contribution in [0.1, 0.15) is 0 Å². The van der Waals surface area contributed by atoms with Crippen molar-refractivity contribution in [3.05, 3.63) is 0 Å². The summed E-state index contributed by atoms with van der Waals surface area (Å²) in [7, 11) is 0. The first kappa shape index (κ1) is 18.1. The molecular weight excluding hydrogens is 268 g/mol. The quantitative estimate of drug-likeness (QED) is 0.207. The van der Waals surface area contributed by atoms with E-state index in [0.717, 1.165) is 0 Å². The van der Waals surface area contributed by atoms with Crippen LogP contribution in [0.4, 0.5) is 0 Å². The molecule has 7 atom stereocenters. The van der Waals surface area contributed by atoms with Crippen LogP contribution in [-0.2, 0) is 4.79 Å². The Morgan fingerprint density at radius 3 is 1.47 bits per heavy atom. The van der Waals surface area contributed by atoms with Gasteiger partial charge in [-0.3, -0.25) is 0 Å². The first-order valence-corrected chi connectivity index (χ1v) is 5.25. The SMILES string of the molecule is O=C(O)[C@@H](O)[C@@H](O)[C@@H](O)[C@@H](O)[C@@H](O)[C@@H](O)[C@H](O)CO. The van der Waals surface area contributed by atoms with Crippen LogP contribution < -0.4 is 0 Å². The fraction of sp³-hybridized carbons (Fsp3) is 0.889. The van der Waals surface area contributed by atoms with E-state index >= 15 is 0 Å². The molecule has 0 aliphatic carbocycles. The molecule has 0 fully saturated rings. The summed E-state index contributed by atoms with van der Waals surface area (Å²) in [6, 6.07) is 0. The van der Waals surface area contributed by atoms with Gasteiger partial charge in [0.25, 0.3) is 0 Å². The molecule has 10 heteroatoms. The van der Waals surface area contributed by atoms with Gasteiger partial charge in [0.15, 0.2) is 6.10 Å². The molecule has 0 aromatic heterocycles. The Bertz CT molecular complexity index is 284. The highest BCUT2D eigenvalue weighted by atomic mass is 16.4. The van der Waals surface area contributed by atoms with Crippen LogP contribution in [0.5, 0.6) is 0 Å². The van der Waals surface area contributed by atoms with Crippen LogP contribution in [0.25, 0.3) is 0 Å². The number of rotatable bonds is 8. The van der Waals surface area contributed by atoms with Gasteiger partial charge in [-0.25, -0.2) is 4.79 Å². The molecule has 0 amide bonds. The molecule has 0 radical (unpaired) electrons. The molecule has 0 saturated heterocycles. The summed E-state index contributed by atoms with van der Waals surface area (Å²) in [6.07, 6.45) is -15.4. The highest BCUT2D eigenvalue weighted by molar-refractivity contribution is 5.72. The number of hydrogen-bond donors (Lipinski definition) is 9. The minimum atomic E-state index is -2.42. The minimum Gasteiger partial charge on any atom is -0.479 e. The van der Waals surface area contributed by atoms with Crippen LogP contribution in [0.2, 0.25) is 0 Å². The lowest BCUT2D eigenvalue weighted by Gasteiger charge is -2.31. The predicted octanol–water partition coefficient (Wildman–Crippen LogP) is -5.41. The lowest BCUT2D eigenvalue weighted by atomic mass is 9.94. The second-order valence-corrected chi connectivity index (χ2v) is 3.99. The van der Waals surface area contributed by atoms with Crippen molar-refractivity contribution < 1.29 is 50.8 Å². The fourth-order valence-electron chi connectivity index (χ4n) is 1.27. The van der Waals surface area contributed by atoms with Crippen LogP contribution in [0.3, 0.4) is 0 Å². The third-order valence-electron chi connectivity index (χ3n) is 2.56. The Morgan fingerprint density at radius 2 is 1.11 bits per heavy atom. The van der Waals surface area contributed by atoms with Crippen molar-refractivity contribution in [2.24, 2.45) is 0 Å². The van der Waals surface area contributed by atoms with Crippen molar-refractivity contribution in [3.8, 4) is 0 Å². The Kier molecular flexibility index (Phi) is 7.33. The van der Waals surface area contributed by atoms with Gasteiger partial charge >= 0.3 is 5.97 Å². The van der Waals surface area contributed by atoms with Crippen molar-refractivity contribution in [2.45, 2.75) is 42.7 Å². The molecular formula is C9H18O10. The van der Waals surface area contributed by atoms with Crippen LogP contribution >= 0.6 is 0 Å². The van der Waals surface area contributed by atoms with Crippen LogP contribution in [0.15, 0.2) is 0 Å². The van der Waals surface area contributed by atoms with Gasteiger partial charge in [-0.2, -0.15) is 0 Å². The maximum atomic E-state index is 10.3. The van der Waals surface area contributed by atoms with E-state index in [0.29, 0.717) is 0 Å². The first-order chi connectivity index (χ1) is 8.64. The normalized spacial score (nSPS) is 22.9. The van der Waals surface area contributed by atoms with Crippen molar-refractivity contribution in [1.82, 2.24) is 0 Å². The van der Waals surface area contributed by atoms with E-state index in [1.54, 1.807) is 0 Å². The molecule has 114 valence electrons. The molecule has 0 saturated carbocycles. The van der Waals surface area contributed by atoms with Crippen LogP contribution in [-0.4, -0.2) is 101 Å². The summed E-state index contributed by atoms with van der Waals surface area (Å²) < 4.78 is 0. The third-order valence-corrected chi connectivity index (χ3v) is 2.56. The third kappa shape index (κ3) is 4.63. The molecule has 0 unspecified atom stereocenters. The highest BCUT2D eigenvalue weighted by Crippen LogP contribution is 2.13. The molecule has 0 spiro atoms. The first-order valence-electron chi connectivity index (χ1n) is 5.25. The number of aliphatic hydroxyl groups is 8. The Balaban J connectivity index is 4.71. The van der Waals surface area contributed by atoms with E-state index < -0.39 is 55.3 Å². The topological polar surface area (TPSA) is 199 Å². The monoisotopic (exact) mass is 286 g/mol. The van der Waals surface area contributed by atoms with Gasteiger partial charge in [0.2, 0.25) is 0 Å². The lowest BCUT2D eigenvalue weighted by Crippen LogP contribution is -2.55. The molecule has 9 N–H and O–H groups in total. The zero-order valence-electron chi connectivity index (χ0n) is 9.68. The Morgan fingerprint density at radius 1 is 0.737 bits per heavy atom. The number of hydrogen-bond acceptors (Lipinski definition) is 9. The lowest BCUT2D eigenvalue weighted by molar-refractivity contribution is -0.180. The molecule has 0 bridgehead atoms. The maximum Gasteiger partial charge on any atom is 0.335 e. The Hall–Kier alpha value is -0.850. The maximum absolute atomic E-state index is 10.3. The highest BCUT2D eigenvalue weighted by Gasteiger charge is 2.40. The molecule has 0 aromatic rings. The second kappa shape index (κ2) is 7.67. The number of carboxylic acids is 1. The zero-order valence-corrected chi connectivity index (χ0v) is 9.68. The molecule has 0 rings (SSSR count). The molecule has 0 aromatic carbocycles. The van der Waals surface area contributed by atoms with E-state index in [1.807, 2.05) is 0 Å². The fourth-order valence-corrected chi connectivity index (χ4v) is 1.27. The predicted molar refractivity (Wildman–Crippen MR) is 56.8 cm³/mol. The smallest absolute Gasteiger partial charge is 0.335 e. The number of carbonyl (C=O) groups is 1. The van der Waals surface area contributed by atoms with Gasteiger partial charge in [0.1, 0.15) is 36.6 Å². The standard InChI is InChI=1S/C9H18O10/c10-1-2(11)3(12)4(13)5(14)6(15)7(16)8(17)9(18)19/h2-8,10-17H,1H2,(H,18,19)/t2-,3+,4+,5+,6+,7+,8+/m1/s1. The van der Waals surface area contributed by atoms with E-state index in [2.05, 4.69) is 0 Å². The average molecular weight is 286 g/mol. The average Bonchev–Trinajstić information content (AvgIpc) is 2.40. The summed E-state index contributed by atoms with van der Waals surface area (Å²) in [5.74, 6) is -1.87. The number of carboxylic acid groups (broad SMARTS) is 1. The second-order valence-electron chi connectivity index (χ2n) is 3.99. The van der Waals surface area contributed by atoms with Gasteiger partial charge in [-0.1, -0.05) is 0 Å². The van der Waals surface area contributed by atoms with Gasteiger partial charge in [0.05, 0.1) is 6.61 Å². The van der Waals surface area contributed by atoms with E-state index in [9.17, 15) is 30.3 Å². The summed E-state index contributed by atoms with van der Waals surface area (Å²) >= 11 is 0. The zero-order chi connectivity index (χ0) is 15.3. The summed E-state index contributed by atoms with van der Waals surface area (Å²) in [5, 5.41) is 81.4. The summed E-state index contributed by atoms with van der Waals surface area (Å²) in [5.41, 5.74) is 0. The van der Waals surface area contributed by atoms with E-state index in [-0.39, 0.29) is 0 Å². The van der Waals surface area contributed by atoms with Crippen molar-refractivity contribution in [3.63, 3.8) is 0 Å². The summed E-state index contributed by atoms with van der Waals surface area (Å²) in [4.78, 5) is 10.3. The van der Waals surface area contributed by atoms with E-state index in [4.69, 9.17) is 20.4 Å². The molecule has 0 aliphatic rings. The molecule has 0 heterocycles. The van der Waals surface area contributed by atoms with E-state index in [1.165, 1.54) is 0 Å². The molecule has 10 nitrogen and oxygen atoms in total. The van der Waals surface area contributed by atoms with Crippen molar-refractivity contribution >= 4 is 5.97 Å². The van der Waals surface area contributed by atoms with Crippen molar-refractivity contribution in [1.29, 1.82) is 0 Å². The van der Waals surface area contributed by atoms with Gasteiger partial charge in [-0.15, -0.1) is 0 Å². The minimum absolute atomic E-state index is 0.943. The van der Waals surface area contributed by atoms with Crippen molar-refractivity contribution in [2.75, 3.05) is 6.61 Å². The largest absolute Gasteiger partial charge is 0.479 e. The van der Waals surface area contributed by atoms with Gasteiger partial charge in [0, 0.05) is 0 Å². The molecule has 0 aliphatic heterocycles. The Labute approximate surface area is 107 Å².